The number of aromatic nitrogens is 1. The Labute approximate surface area is 321 Å². The Morgan fingerprint density at radius 2 is 1.24 bits per heavy atom. The van der Waals surface area contributed by atoms with E-state index < -0.39 is 11.9 Å². The molecular formula is C47H42N2O6. The average molecular weight is 731 g/mol. The maximum absolute atomic E-state index is 11.4. The minimum absolute atomic E-state index is 0.122. The average Bonchev–Trinajstić information content (AvgIpc) is 3.22. The molecule has 0 aliphatic carbocycles. The molecule has 276 valence electrons. The van der Waals surface area contributed by atoms with Gasteiger partial charge in [-0.1, -0.05) is 67.8 Å². The van der Waals surface area contributed by atoms with E-state index in [-0.39, 0.29) is 26.4 Å². The molecule has 0 bridgehead atoms. The molecule has 8 heteroatoms. The number of rotatable bonds is 16. The van der Waals surface area contributed by atoms with Crippen LogP contribution >= 0.6 is 0 Å². The molecule has 0 aliphatic heterocycles. The Morgan fingerprint density at radius 3 is 1.80 bits per heavy atom. The van der Waals surface area contributed by atoms with Crippen LogP contribution in [0.3, 0.4) is 0 Å². The predicted molar refractivity (Wildman–Crippen MR) is 219 cm³/mol. The molecule has 0 saturated heterocycles. The maximum atomic E-state index is 11.4. The number of hydrogen-bond acceptors (Lipinski definition) is 8. The van der Waals surface area contributed by atoms with E-state index >= 15 is 0 Å². The van der Waals surface area contributed by atoms with Crippen molar-refractivity contribution in [1.29, 1.82) is 0 Å². The molecule has 1 aromatic heterocycles. The number of carbonyl (C=O) groups excluding carboxylic acids is 2. The van der Waals surface area contributed by atoms with Crippen LogP contribution in [0.5, 0.6) is 11.5 Å². The highest BCUT2D eigenvalue weighted by atomic mass is 16.6. The summed E-state index contributed by atoms with van der Waals surface area (Å²) < 4.78 is 21.6. The van der Waals surface area contributed by atoms with Crippen LogP contribution in [-0.2, 0) is 19.1 Å². The quantitative estimate of drug-likeness (QED) is 0.0421. The molecule has 0 radical (unpaired) electrons. The van der Waals surface area contributed by atoms with Gasteiger partial charge in [0, 0.05) is 41.3 Å². The fourth-order valence-corrected chi connectivity index (χ4v) is 5.99. The molecule has 0 saturated carbocycles. The summed E-state index contributed by atoms with van der Waals surface area (Å²) in [6, 6.07) is 39.0. The summed E-state index contributed by atoms with van der Waals surface area (Å²) in [5.74, 6) is 0.326. The van der Waals surface area contributed by atoms with E-state index in [1.807, 2.05) is 67.0 Å². The van der Waals surface area contributed by atoms with Crippen LogP contribution in [0, 0.1) is 13.8 Å². The zero-order valence-electron chi connectivity index (χ0n) is 30.9. The van der Waals surface area contributed by atoms with Gasteiger partial charge in [0.05, 0.1) is 5.69 Å². The number of anilines is 3. The smallest absolute Gasteiger partial charge is 0.330 e. The molecule has 1 heterocycles. The molecule has 6 rings (SSSR count). The SMILES string of the molecule is C=CC(=O)OCCOc1ccc(C(=Cc2ccc(N(c3ccc(C)c(C)c3)c3cccc4ccncc34)cc2)c2ccc(OCCOC(=O)C=C)cc2)cc1. The van der Waals surface area contributed by atoms with E-state index in [4.69, 9.17) is 18.9 Å². The summed E-state index contributed by atoms with van der Waals surface area (Å²) in [5.41, 5.74) is 9.50. The molecule has 0 fully saturated rings. The molecule has 6 aromatic rings. The van der Waals surface area contributed by atoms with Crippen LogP contribution in [0.2, 0.25) is 0 Å². The molecule has 0 spiro atoms. The lowest BCUT2D eigenvalue weighted by molar-refractivity contribution is -0.139. The van der Waals surface area contributed by atoms with E-state index in [0.29, 0.717) is 11.5 Å². The van der Waals surface area contributed by atoms with Crippen molar-refractivity contribution in [2.75, 3.05) is 31.3 Å². The highest BCUT2D eigenvalue weighted by Gasteiger charge is 2.16. The first-order valence-electron chi connectivity index (χ1n) is 17.9. The number of hydrogen-bond donors (Lipinski definition) is 0. The van der Waals surface area contributed by atoms with Gasteiger partial charge >= 0.3 is 11.9 Å². The first-order chi connectivity index (χ1) is 26.8. The molecule has 0 amide bonds. The van der Waals surface area contributed by atoms with Crippen molar-refractivity contribution < 1.29 is 28.5 Å². The van der Waals surface area contributed by atoms with E-state index in [1.165, 1.54) is 11.1 Å². The Kier molecular flexibility index (Phi) is 12.5. The zero-order valence-corrected chi connectivity index (χ0v) is 30.9. The maximum Gasteiger partial charge on any atom is 0.330 e. The van der Waals surface area contributed by atoms with Crippen LogP contribution in [-0.4, -0.2) is 43.4 Å². The second-order valence-electron chi connectivity index (χ2n) is 12.6. The lowest BCUT2D eigenvalue weighted by atomic mass is 9.95. The van der Waals surface area contributed by atoms with E-state index in [1.54, 1.807) is 0 Å². The molecule has 55 heavy (non-hydrogen) atoms. The van der Waals surface area contributed by atoms with Gasteiger partial charge in [0.15, 0.2) is 0 Å². The van der Waals surface area contributed by atoms with Crippen molar-refractivity contribution in [3.8, 4) is 11.5 Å². The number of nitrogens with zero attached hydrogens (tertiary/aromatic N) is 2. The Bertz CT molecular complexity index is 2230. The Morgan fingerprint density at radius 1 is 0.655 bits per heavy atom. The summed E-state index contributed by atoms with van der Waals surface area (Å²) in [6.07, 6.45) is 8.14. The highest BCUT2D eigenvalue weighted by Crippen LogP contribution is 2.39. The summed E-state index contributed by atoms with van der Waals surface area (Å²) in [5, 5.41) is 2.18. The molecule has 0 aliphatic rings. The minimum atomic E-state index is -0.488. The summed E-state index contributed by atoms with van der Waals surface area (Å²) in [6.45, 7) is 11.8. The van der Waals surface area contributed by atoms with Gasteiger partial charge in [0.1, 0.15) is 37.9 Å². The van der Waals surface area contributed by atoms with Crippen molar-refractivity contribution in [1.82, 2.24) is 4.98 Å². The molecular weight excluding hydrogens is 689 g/mol. The number of aryl methyl sites for hydroxylation is 2. The highest BCUT2D eigenvalue weighted by molar-refractivity contribution is 5.98. The minimum Gasteiger partial charge on any atom is -0.490 e. The van der Waals surface area contributed by atoms with Crippen LogP contribution in [0.1, 0.15) is 27.8 Å². The molecule has 8 nitrogen and oxygen atoms in total. The lowest BCUT2D eigenvalue weighted by Crippen LogP contribution is -2.11. The van der Waals surface area contributed by atoms with Gasteiger partial charge in [0.25, 0.3) is 0 Å². The largest absolute Gasteiger partial charge is 0.490 e. The fourth-order valence-electron chi connectivity index (χ4n) is 5.99. The lowest BCUT2D eigenvalue weighted by Gasteiger charge is -2.27. The third kappa shape index (κ3) is 9.74. The first-order valence-corrected chi connectivity index (χ1v) is 17.9. The molecule has 0 unspecified atom stereocenters. The summed E-state index contributed by atoms with van der Waals surface area (Å²) >= 11 is 0. The number of benzene rings is 5. The number of pyridine rings is 1. The summed E-state index contributed by atoms with van der Waals surface area (Å²) in [7, 11) is 0. The van der Waals surface area contributed by atoms with Gasteiger partial charge in [-0.25, -0.2) is 9.59 Å². The third-order valence-corrected chi connectivity index (χ3v) is 8.97. The van der Waals surface area contributed by atoms with Crippen LogP contribution in [0.15, 0.2) is 153 Å². The third-order valence-electron chi connectivity index (χ3n) is 8.97. The van der Waals surface area contributed by atoms with Gasteiger partial charge in [-0.15, -0.1) is 0 Å². The van der Waals surface area contributed by atoms with Crippen LogP contribution < -0.4 is 14.4 Å². The number of fused-ring (bicyclic) bond motifs is 1. The van der Waals surface area contributed by atoms with Crippen molar-refractivity contribution in [3.05, 3.63) is 181 Å². The van der Waals surface area contributed by atoms with E-state index in [9.17, 15) is 9.59 Å². The predicted octanol–water partition coefficient (Wildman–Crippen LogP) is 10.1. The number of esters is 2. The van der Waals surface area contributed by atoms with Crippen LogP contribution in [0.25, 0.3) is 22.4 Å². The number of ether oxygens (including phenoxy) is 4. The topological polar surface area (TPSA) is 87.2 Å². The van der Waals surface area contributed by atoms with E-state index in [0.717, 1.165) is 62.3 Å². The monoisotopic (exact) mass is 730 g/mol. The standard InChI is InChI=1S/C47H42N2O6/c1-5-46(50)54-28-26-52-41-20-13-37(14-21-41)43(38-15-22-42(23-16-38)53-27-29-55-47(51)6-2)31-35-11-18-39(19-12-35)49(40-17-10-33(3)34(4)30-40)45-9-7-8-36-24-25-48-32-44(36)45/h5-25,30-32H,1-2,26-29H2,3-4H3. The first kappa shape index (κ1) is 37.8. The van der Waals surface area contributed by atoms with E-state index in [2.05, 4.69) is 104 Å². The normalized spacial score (nSPS) is 10.6. The van der Waals surface area contributed by atoms with Gasteiger partial charge in [-0.3, -0.25) is 4.98 Å². The zero-order chi connectivity index (χ0) is 38.6. The van der Waals surface area contributed by atoms with Gasteiger partial charge < -0.3 is 23.8 Å². The summed E-state index contributed by atoms with van der Waals surface area (Å²) in [4.78, 5) is 29.5. The second kappa shape index (κ2) is 18.2. The number of carbonyl (C=O) groups is 2. The van der Waals surface area contributed by atoms with Gasteiger partial charge in [-0.2, -0.15) is 0 Å². The van der Waals surface area contributed by atoms with Crippen molar-refractivity contribution in [2.45, 2.75) is 13.8 Å². The fraction of sp³-hybridized carbons (Fsp3) is 0.128. The van der Waals surface area contributed by atoms with Crippen molar-refractivity contribution >= 4 is 51.4 Å². The van der Waals surface area contributed by atoms with Crippen molar-refractivity contribution in [3.63, 3.8) is 0 Å². The van der Waals surface area contributed by atoms with Crippen LogP contribution in [0.4, 0.5) is 17.1 Å². The molecule has 0 atom stereocenters. The Hall–Kier alpha value is -6.93. The molecule has 0 N–H and O–H groups in total. The second-order valence-corrected chi connectivity index (χ2v) is 12.6. The molecule has 5 aromatic carbocycles. The Balaban J connectivity index is 1.32. The van der Waals surface area contributed by atoms with Gasteiger partial charge in [-0.05, 0) is 119 Å². The van der Waals surface area contributed by atoms with Gasteiger partial charge in [0.2, 0.25) is 0 Å². The van der Waals surface area contributed by atoms with Crippen molar-refractivity contribution in [2.24, 2.45) is 0 Å².